The van der Waals surface area contributed by atoms with Gasteiger partial charge in [-0.15, -0.1) is 0 Å². The van der Waals surface area contributed by atoms with Crippen molar-refractivity contribution in [1.29, 1.82) is 0 Å². The van der Waals surface area contributed by atoms with E-state index in [1.54, 1.807) is 12.1 Å². The molecule has 3 rings (SSSR count). The Hall–Kier alpha value is -1.59. The molecule has 1 saturated carbocycles. The quantitative estimate of drug-likeness (QED) is 0.474. The van der Waals surface area contributed by atoms with Crippen LogP contribution in [-0.4, -0.2) is 29.2 Å². The topological polar surface area (TPSA) is 63.7 Å². The number of rotatable bonds is 3. The molecule has 1 aliphatic carbocycles. The number of imide groups is 1. The molecule has 0 N–H and O–H groups in total. The molecule has 0 radical (unpaired) electrons. The summed E-state index contributed by atoms with van der Waals surface area (Å²) in [5, 5.41) is 0.381. The van der Waals surface area contributed by atoms with E-state index in [4.69, 9.17) is 27.9 Å². The molecule has 1 aliphatic heterocycles. The highest BCUT2D eigenvalue weighted by Gasteiger charge is 2.48. The number of nitrogens with zero attached hydrogens (tertiary/aromatic N) is 1. The highest BCUT2D eigenvalue weighted by Crippen LogP contribution is 2.38. The van der Waals surface area contributed by atoms with Crippen molar-refractivity contribution in [2.45, 2.75) is 25.7 Å². The second kappa shape index (κ2) is 6.49. The molecule has 1 heterocycles. The zero-order valence-electron chi connectivity index (χ0n) is 12.3. The molecule has 1 aromatic rings. The molecule has 2 aliphatic rings. The van der Waals surface area contributed by atoms with Gasteiger partial charge in [-0.1, -0.05) is 42.1 Å². The number of hydrogen-bond donors (Lipinski definition) is 0. The number of halogens is 2. The van der Waals surface area contributed by atoms with E-state index in [2.05, 4.69) is 0 Å². The van der Waals surface area contributed by atoms with Gasteiger partial charge in [-0.25, -0.2) is 4.79 Å². The van der Waals surface area contributed by atoms with Crippen LogP contribution >= 0.6 is 23.2 Å². The Bertz CT molecular complexity index is 652. The van der Waals surface area contributed by atoms with Crippen LogP contribution in [0.5, 0.6) is 5.75 Å². The molecule has 0 unspecified atom stereocenters. The SMILES string of the molecule is O=C(CN1C(=O)[C@H]2CCCC[C@H]2C1=O)Oc1cccc(Cl)c1Cl. The molecule has 122 valence electrons. The van der Waals surface area contributed by atoms with E-state index in [9.17, 15) is 14.4 Å². The van der Waals surface area contributed by atoms with E-state index in [1.165, 1.54) is 6.07 Å². The highest BCUT2D eigenvalue weighted by molar-refractivity contribution is 6.43. The van der Waals surface area contributed by atoms with Gasteiger partial charge in [0.05, 0.1) is 16.9 Å². The maximum atomic E-state index is 12.3. The number of ether oxygens (including phenoxy) is 1. The molecule has 1 saturated heterocycles. The fourth-order valence-corrected chi connectivity index (χ4v) is 3.56. The fraction of sp³-hybridized carbons (Fsp3) is 0.438. The summed E-state index contributed by atoms with van der Waals surface area (Å²) in [5.74, 6) is -1.70. The predicted molar refractivity (Wildman–Crippen MR) is 84.3 cm³/mol. The molecule has 2 atom stereocenters. The van der Waals surface area contributed by atoms with Gasteiger partial charge in [0.2, 0.25) is 11.8 Å². The monoisotopic (exact) mass is 355 g/mol. The predicted octanol–water partition coefficient (Wildman–Crippen LogP) is 3.07. The smallest absolute Gasteiger partial charge is 0.331 e. The van der Waals surface area contributed by atoms with Crippen LogP contribution in [-0.2, 0) is 14.4 Å². The Balaban J connectivity index is 1.69. The lowest BCUT2D eigenvalue weighted by Gasteiger charge is -2.19. The Morgan fingerprint density at radius 2 is 1.74 bits per heavy atom. The van der Waals surface area contributed by atoms with Crippen molar-refractivity contribution in [3.8, 4) is 5.75 Å². The number of fused-ring (bicyclic) bond motifs is 1. The van der Waals surface area contributed by atoms with Gasteiger partial charge < -0.3 is 4.74 Å². The minimum atomic E-state index is -0.713. The first-order valence-electron chi connectivity index (χ1n) is 7.49. The molecule has 2 amide bonds. The number of benzene rings is 1. The average molecular weight is 356 g/mol. The van der Waals surface area contributed by atoms with Gasteiger partial charge >= 0.3 is 5.97 Å². The summed E-state index contributed by atoms with van der Waals surface area (Å²) in [6.45, 7) is -0.395. The molecule has 1 aromatic carbocycles. The van der Waals surface area contributed by atoms with Gasteiger partial charge in [-0.05, 0) is 25.0 Å². The second-order valence-electron chi connectivity index (χ2n) is 5.79. The Labute approximate surface area is 143 Å². The van der Waals surface area contributed by atoms with Crippen LogP contribution in [0.25, 0.3) is 0 Å². The third-order valence-corrected chi connectivity index (χ3v) is 5.16. The highest BCUT2D eigenvalue weighted by atomic mass is 35.5. The minimum absolute atomic E-state index is 0.112. The van der Waals surface area contributed by atoms with Crippen molar-refractivity contribution in [2.75, 3.05) is 6.54 Å². The zero-order valence-corrected chi connectivity index (χ0v) is 13.8. The zero-order chi connectivity index (χ0) is 16.6. The lowest BCUT2D eigenvalue weighted by Crippen LogP contribution is -2.37. The standard InChI is InChI=1S/C16H15Cl2NO4/c17-11-6-3-7-12(14(11)18)23-13(20)8-19-15(21)9-4-1-2-5-10(9)16(19)22/h3,6-7,9-10H,1-2,4-5,8H2/t9-,10+. The third kappa shape index (κ3) is 3.08. The van der Waals surface area contributed by atoms with E-state index in [1.807, 2.05) is 0 Å². The van der Waals surface area contributed by atoms with Crippen molar-refractivity contribution >= 4 is 41.0 Å². The summed E-state index contributed by atoms with van der Waals surface area (Å²) >= 11 is 11.8. The Kier molecular flexibility index (Phi) is 4.60. The number of esters is 1. The van der Waals surface area contributed by atoms with E-state index in [0.717, 1.165) is 17.7 Å². The van der Waals surface area contributed by atoms with Crippen molar-refractivity contribution in [1.82, 2.24) is 4.90 Å². The molecule has 0 aromatic heterocycles. The van der Waals surface area contributed by atoms with Crippen molar-refractivity contribution in [3.05, 3.63) is 28.2 Å². The van der Waals surface area contributed by atoms with Crippen LogP contribution in [0.15, 0.2) is 18.2 Å². The summed E-state index contributed by atoms with van der Waals surface area (Å²) in [7, 11) is 0. The van der Waals surface area contributed by atoms with E-state index in [0.29, 0.717) is 12.8 Å². The maximum Gasteiger partial charge on any atom is 0.331 e. The molecular formula is C16H15Cl2NO4. The fourth-order valence-electron chi connectivity index (χ4n) is 3.23. The van der Waals surface area contributed by atoms with Crippen LogP contribution in [0, 0.1) is 11.8 Å². The first-order chi connectivity index (χ1) is 11.0. The van der Waals surface area contributed by atoms with Gasteiger partial charge in [-0.3, -0.25) is 14.5 Å². The van der Waals surface area contributed by atoms with Gasteiger partial charge in [0.25, 0.3) is 0 Å². The van der Waals surface area contributed by atoms with Crippen molar-refractivity contribution in [3.63, 3.8) is 0 Å². The number of hydrogen-bond acceptors (Lipinski definition) is 4. The van der Waals surface area contributed by atoms with Gasteiger partial charge in [0, 0.05) is 0 Å². The normalized spacial score (nSPS) is 23.8. The first kappa shape index (κ1) is 16.3. The lowest BCUT2D eigenvalue weighted by atomic mass is 9.81. The van der Waals surface area contributed by atoms with Crippen LogP contribution in [0.2, 0.25) is 10.0 Å². The molecule has 2 fully saturated rings. The molecule has 7 heteroatoms. The summed E-state index contributed by atoms with van der Waals surface area (Å²) < 4.78 is 5.14. The van der Waals surface area contributed by atoms with Crippen LogP contribution in [0.4, 0.5) is 0 Å². The van der Waals surface area contributed by atoms with Crippen LogP contribution in [0.3, 0.4) is 0 Å². The van der Waals surface area contributed by atoms with E-state index in [-0.39, 0.29) is 39.4 Å². The summed E-state index contributed by atoms with van der Waals surface area (Å²) in [4.78, 5) is 37.7. The van der Waals surface area contributed by atoms with Crippen molar-refractivity contribution in [2.24, 2.45) is 11.8 Å². The van der Waals surface area contributed by atoms with Crippen molar-refractivity contribution < 1.29 is 19.1 Å². The number of amides is 2. The van der Waals surface area contributed by atoms with Crippen LogP contribution in [0.1, 0.15) is 25.7 Å². The second-order valence-corrected chi connectivity index (χ2v) is 6.57. The first-order valence-corrected chi connectivity index (χ1v) is 8.24. The largest absolute Gasteiger partial charge is 0.424 e. The molecule has 5 nitrogen and oxygen atoms in total. The maximum absolute atomic E-state index is 12.3. The number of likely N-dealkylation sites (tertiary alicyclic amines) is 1. The van der Waals surface area contributed by atoms with E-state index < -0.39 is 12.5 Å². The average Bonchev–Trinajstić information content (AvgIpc) is 2.77. The van der Waals surface area contributed by atoms with Crippen LogP contribution < -0.4 is 4.74 Å². The summed E-state index contributed by atoms with van der Waals surface area (Å²) in [6, 6.07) is 4.66. The van der Waals surface area contributed by atoms with Gasteiger partial charge in [0.15, 0.2) is 5.75 Å². The summed E-state index contributed by atoms with van der Waals surface area (Å²) in [6.07, 6.45) is 3.30. The summed E-state index contributed by atoms with van der Waals surface area (Å²) in [5.41, 5.74) is 0. The molecular weight excluding hydrogens is 341 g/mol. The van der Waals surface area contributed by atoms with E-state index >= 15 is 0 Å². The minimum Gasteiger partial charge on any atom is -0.424 e. The Morgan fingerprint density at radius 3 is 2.35 bits per heavy atom. The lowest BCUT2D eigenvalue weighted by molar-refractivity contribution is -0.148. The number of carbonyl (C=O) groups excluding carboxylic acids is 3. The van der Waals surface area contributed by atoms with Gasteiger partial charge in [0.1, 0.15) is 11.6 Å². The Morgan fingerprint density at radius 1 is 1.13 bits per heavy atom. The third-order valence-electron chi connectivity index (χ3n) is 4.36. The number of carbonyl (C=O) groups is 3. The molecule has 0 bridgehead atoms. The molecule has 0 spiro atoms. The van der Waals surface area contributed by atoms with Gasteiger partial charge in [-0.2, -0.15) is 0 Å². The molecule has 23 heavy (non-hydrogen) atoms.